The van der Waals surface area contributed by atoms with Crippen molar-refractivity contribution in [2.75, 3.05) is 0 Å². The molecule has 3 rings (SSSR count). The summed E-state index contributed by atoms with van der Waals surface area (Å²) in [5.41, 5.74) is 3.74. The first-order valence-electron chi connectivity index (χ1n) is 8.86. The molecule has 5 nitrogen and oxygen atoms in total. The summed E-state index contributed by atoms with van der Waals surface area (Å²) in [4.78, 5) is -0.705. The number of hydrogen-bond acceptors (Lipinski definition) is 4. The topological polar surface area (TPSA) is 94.8 Å². The van der Waals surface area contributed by atoms with Crippen LogP contribution in [-0.4, -0.2) is 23.2 Å². The van der Waals surface area contributed by atoms with E-state index in [4.69, 9.17) is 0 Å². The molecule has 146 valence electrons. The van der Waals surface area contributed by atoms with Gasteiger partial charge in [0.2, 0.25) is 0 Å². The average Bonchev–Trinajstić information content (AvgIpc) is 2.68. The van der Waals surface area contributed by atoms with Crippen LogP contribution in [0.2, 0.25) is 0 Å². The summed E-state index contributed by atoms with van der Waals surface area (Å²) in [6.07, 6.45) is 0. The van der Waals surface area contributed by atoms with Crippen LogP contribution in [0.1, 0.15) is 47.9 Å². The third-order valence-electron chi connectivity index (χ3n) is 5.09. The van der Waals surface area contributed by atoms with Crippen LogP contribution in [0.25, 0.3) is 0 Å². The molecule has 0 radical (unpaired) electrons. The summed E-state index contributed by atoms with van der Waals surface area (Å²) in [5, 5.41) is 19.6. The predicted molar refractivity (Wildman–Crippen MR) is 108 cm³/mol. The van der Waals surface area contributed by atoms with Crippen LogP contribution in [-0.2, 0) is 10.1 Å². The van der Waals surface area contributed by atoms with Crippen molar-refractivity contribution in [2.24, 2.45) is 0 Å². The average molecular weight is 398 g/mol. The molecule has 3 N–H and O–H groups in total. The van der Waals surface area contributed by atoms with Gasteiger partial charge in [-0.05, 0) is 34.4 Å². The van der Waals surface area contributed by atoms with E-state index < -0.39 is 26.5 Å². The summed E-state index contributed by atoms with van der Waals surface area (Å²) >= 11 is 0. The fourth-order valence-corrected chi connectivity index (χ4v) is 3.89. The van der Waals surface area contributed by atoms with E-state index in [2.05, 4.69) is 19.1 Å². The molecule has 0 saturated heterocycles. The second-order valence-corrected chi connectivity index (χ2v) is 8.27. The molecular formula is C22H22O5S. The largest absolute Gasteiger partial charge is 0.504 e. The van der Waals surface area contributed by atoms with E-state index in [9.17, 15) is 23.2 Å². The standard InChI is InChI=1S/C22H22O5S/c1-14(16-6-4-3-5-7-16)17-8-10-18(11-9-17)15(2)19-12-20(23)22(24)21(13-19)28(25,26)27/h3-15,23-24H,1-2H3,(H,25,26,27). The Hall–Kier alpha value is -2.83. The minimum absolute atomic E-state index is 0.231. The first-order chi connectivity index (χ1) is 13.2. The molecular weight excluding hydrogens is 376 g/mol. The molecule has 0 aliphatic rings. The zero-order chi connectivity index (χ0) is 20.5. The third-order valence-corrected chi connectivity index (χ3v) is 5.96. The van der Waals surface area contributed by atoms with E-state index in [0.717, 1.165) is 11.1 Å². The van der Waals surface area contributed by atoms with Gasteiger partial charge < -0.3 is 10.2 Å². The van der Waals surface area contributed by atoms with Gasteiger partial charge in [-0.2, -0.15) is 8.42 Å². The summed E-state index contributed by atoms with van der Waals surface area (Å²) in [7, 11) is -4.65. The summed E-state index contributed by atoms with van der Waals surface area (Å²) < 4.78 is 32.2. The molecule has 0 heterocycles. The molecule has 0 aromatic heterocycles. The number of rotatable bonds is 5. The van der Waals surface area contributed by atoms with Crippen LogP contribution < -0.4 is 0 Å². The Labute approximate surface area is 164 Å². The highest BCUT2D eigenvalue weighted by Gasteiger charge is 2.22. The maximum atomic E-state index is 11.5. The fourth-order valence-electron chi connectivity index (χ4n) is 3.26. The van der Waals surface area contributed by atoms with Gasteiger partial charge in [-0.15, -0.1) is 0 Å². The molecule has 3 aromatic carbocycles. The van der Waals surface area contributed by atoms with Crippen LogP contribution in [0.3, 0.4) is 0 Å². The van der Waals surface area contributed by atoms with Crippen LogP contribution in [0, 0.1) is 0 Å². The number of aromatic hydroxyl groups is 2. The zero-order valence-corrected chi connectivity index (χ0v) is 16.4. The second-order valence-electron chi connectivity index (χ2n) is 6.88. The van der Waals surface area contributed by atoms with Gasteiger partial charge in [0.25, 0.3) is 10.1 Å². The maximum Gasteiger partial charge on any atom is 0.298 e. The summed E-state index contributed by atoms with van der Waals surface area (Å²) in [6, 6.07) is 20.6. The molecule has 3 aromatic rings. The van der Waals surface area contributed by atoms with Crippen molar-refractivity contribution >= 4 is 10.1 Å². The smallest absolute Gasteiger partial charge is 0.298 e. The van der Waals surface area contributed by atoms with Gasteiger partial charge in [0, 0.05) is 11.8 Å². The minimum Gasteiger partial charge on any atom is -0.504 e. The Morgan fingerprint density at radius 1 is 0.714 bits per heavy atom. The summed E-state index contributed by atoms with van der Waals surface area (Å²) in [5.74, 6) is -1.47. The summed E-state index contributed by atoms with van der Waals surface area (Å²) in [6.45, 7) is 3.99. The van der Waals surface area contributed by atoms with Gasteiger partial charge in [-0.3, -0.25) is 4.55 Å². The first-order valence-corrected chi connectivity index (χ1v) is 10.3. The molecule has 0 spiro atoms. The Morgan fingerprint density at radius 2 is 1.18 bits per heavy atom. The second kappa shape index (κ2) is 7.66. The van der Waals surface area contributed by atoms with E-state index in [1.165, 1.54) is 17.7 Å². The number of phenolic OH excluding ortho intramolecular Hbond substituents is 2. The van der Waals surface area contributed by atoms with Gasteiger partial charge >= 0.3 is 0 Å². The van der Waals surface area contributed by atoms with Gasteiger partial charge in [0.15, 0.2) is 11.5 Å². The van der Waals surface area contributed by atoms with Gasteiger partial charge in [0.1, 0.15) is 4.90 Å². The molecule has 0 aliphatic heterocycles. The highest BCUT2D eigenvalue weighted by Crippen LogP contribution is 2.37. The van der Waals surface area contributed by atoms with Crippen LogP contribution in [0.4, 0.5) is 0 Å². The lowest BCUT2D eigenvalue weighted by Crippen LogP contribution is -2.03. The van der Waals surface area contributed by atoms with Gasteiger partial charge in [-0.25, -0.2) is 0 Å². The highest BCUT2D eigenvalue weighted by atomic mass is 32.2. The van der Waals surface area contributed by atoms with Gasteiger partial charge in [-0.1, -0.05) is 68.4 Å². The SMILES string of the molecule is CC(c1ccccc1)c1ccc(C(C)c2cc(O)c(O)c(S(=O)(=O)O)c2)cc1. The van der Waals surface area contributed by atoms with Crippen molar-refractivity contribution in [1.29, 1.82) is 0 Å². The molecule has 2 atom stereocenters. The Kier molecular flexibility index (Phi) is 5.45. The quantitative estimate of drug-likeness (QED) is 0.430. The molecule has 0 saturated carbocycles. The van der Waals surface area contributed by atoms with Crippen molar-refractivity contribution in [3.8, 4) is 11.5 Å². The molecule has 2 unspecified atom stereocenters. The van der Waals surface area contributed by atoms with Crippen molar-refractivity contribution < 1.29 is 23.2 Å². The molecule has 0 fully saturated rings. The highest BCUT2D eigenvalue weighted by molar-refractivity contribution is 7.86. The van der Waals surface area contributed by atoms with Crippen molar-refractivity contribution in [2.45, 2.75) is 30.6 Å². The monoisotopic (exact) mass is 398 g/mol. The van der Waals surface area contributed by atoms with E-state index >= 15 is 0 Å². The van der Waals surface area contributed by atoms with Crippen LogP contribution in [0.15, 0.2) is 71.6 Å². The number of hydrogen-bond donors (Lipinski definition) is 3. The molecule has 28 heavy (non-hydrogen) atoms. The predicted octanol–water partition coefficient (Wildman–Crippen LogP) is 4.65. The first kappa shape index (κ1) is 19.9. The van der Waals surface area contributed by atoms with Crippen LogP contribution >= 0.6 is 0 Å². The Balaban J connectivity index is 1.92. The minimum atomic E-state index is -4.65. The number of benzene rings is 3. The molecule has 0 bridgehead atoms. The van der Waals surface area contributed by atoms with Crippen molar-refractivity contribution in [3.63, 3.8) is 0 Å². The zero-order valence-electron chi connectivity index (χ0n) is 15.6. The normalized spacial score (nSPS) is 13.8. The maximum absolute atomic E-state index is 11.5. The molecule has 0 aliphatic carbocycles. The lowest BCUT2D eigenvalue weighted by molar-refractivity contribution is 0.388. The number of phenols is 2. The van der Waals surface area contributed by atoms with Gasteiger partial charge in [0.05, 0.1) is 0 Å². The molecule has 6 heteroatoms. The Bertz CT molecular complexity index is 1070. The van der Waals surface area contributed by atoms with E-state index in [0.29, 0.717) is 5.56 Å². The molecule has 0 amide bonds. The van der Waals surface area contributed by atoms with Crippen LogP contribution in [0.5, 0.6) is 11.5 Å². The fraction of sp³-hybridized carbons (Fsp3) is 0.182. The lowest BCUT2D eigenvalue weighted by atomic mass is 9.89. The lowest BCUT2D eigenvalue weighted by Gasteiger charge is -2.17. The Morgan fingerprint density at radius 3 is 1.68 bits per heavy atom. The van der Waals surface area contributed by atoms with E-state index in [1.54, 1.807) is 0 Å². The van der Waals surface area contributed by atoms with E-state index in [-0.39, 0.29) is 11.8 Å². The van der Waals surface area contributed by atoms with E-state index in [1.807, 2.05) is 49.4 Å². The van der Waals surface area contributed by atoms with Crippen molar-refractivity contribution in [3.05, 3.63) is 89.0 Å². The third kappa shape index (κ3) is 4.03. The van der Waals surface area contributed by atoms with Crippen molar-refractivity contribution in [1.82, 2.24) is 0 Å².